The first kappa shape index (κ1) is 10.9. The Morgan fingerprint density at radius 1 is 1.29 bits per heavy atom. The summed E-state index contributed by atoms with van der Waals surface area (Å²) in [7, 11) is 2.16. The smallest absolute Gasteiger partial charge is 0.101 e. The molecule has 0 bridgehead atoms. The van der Waals surface area contributed by atoms with Crippen LogP contribution < -0.4 is 4.90 Å². The van der Waals surface area contributed by atoms with Gasteiger partial charge in [0.2, 0.25) is 0 Å². The van der Waals surface area contributed by atoms with Gasteiger partial charge in [0.1, 0.15) is 6.07 Å². The molecule has 0 N–H and O–H groups in total. The number of nitriles is 1. The molecule has 2 aliphatic rings. The third kappa shape index (κ3) is 1.69. The van der Waals surface area contributed by atoms with Crippen molar-refractivity contribution in [3.63, 3.8) is 0 Å². The van der Waals surface area contributed by atoms with E-state index in [4.69, 9.17) is 16.9 Å². The fourth-order valence-electron chi connectivity index (χ4n) is 3.04. The number of halogens is 1. The molecule has 3 nitrogen and oxygen atoms in total. The highest BCUT2D eigenvalue weighted by Crippen LogP contribution is 2.41. The van der Waals surface area contributed by atoms with E-state index in [1.54, 1.807) is 6.07 Å². The van der Waals surface area contributed by atoms with Crippen LogP contribution in [0.25, 0.3) is 0 Å². The highest BCUT2D eigenvalue weighted by molar-refractivity contribution is 6.32. The van der Waals surface area contributed by atoms with Gasteiger partial charge in [-0.1, -0.05) is 11.6 Å². The molecule has 0 aromatic heterocycles. The van der Waals surface area contributed by atoms with Crippen molar-refractivity contribution in [2.24, 2.45) is 5.41 Å². The van der Waals surface area contributed by atoms with Crippen LogP contribution in [0.5, 0.6) is 0 Å². The molecule has 0 aliphatic carbocycles. The molecule has 2 heterocycles. The standard InChI is InChI=1S/C13H14ClN3/c1-16-6-13(7-16)8-17(9-13)11-3-2-10(5-15)12(14)4-11/h2-4H,6-9H2,1H3. The Balaban J connectivity index is 1.71. The third-order valence-corrected chi connectivity index (χ3v) is 4.01. The molecular formula is C13H14ClN3. The normalized spacial score (nSPS) is 21.8. The molecule has 0 saturated carbocycles. The minimum Gasteiger partial charge on any atom is -0.370 e. The van der Waals surface area contributed by atoms with Crippen LogP contribution in [0.4, 0.5) is 5.69 Å². The molecule has 17 heavy (non-hydrogen) atoms. The minimum atomic E-state index is 0.523. The van der Waals surface area contributed by atoms with E-state index in [0.29, 0.717) is 16.0 Å². The average Bonchev–Trinajstić information content (AvgIpc) is 2.21. The zero-order valence-electron chi connectivity index (χ0n) is 9.78. The summed E-state index contributed by atoms with van der Waals surface area (Å²) >= 11 is 6.04. The molecule has 0 unspecified atom stereocenters. The van der Waals surface area contributed by atoms with E-state index in [9.17, 15) is 0 Å². The maximum atomic E-state index is 8.82. The number of hydrogen-bond acceptors (Lipinski definition) is 3. The van der Waals surface area contributed by atoms with Crippen LogP contribution in [0.1, 0.15) is 5.56 Å². The Bertz CT molecular complexity index is 492. The molecule has 0 amide bonds. The quantitative estimate of drug-likeness (QED) is 0.760. The van der Waals surface area contributed by atoms with E-state index in [1.807, 2.05) is 12.1 Å². The Labute approximate surface area is 106 Å². The lowest BCUT2D eigenvalue weighted by atomic mass is 9.73. The molecule has 3 rings (SSSR count). The number of rotatable bonds is 1. The van der Waals surface area contributed by atoms with E-state index in [-0.39, 0.29) is 0 Å². The Hall–Kier alpha value is -1.24. The number of benzene rings is 1. The highest BCUT2D eigenvalue weighted by atomic mass is 35.5. The molecule has 2 aliphatic heterocycles. The van der Waals surface area contributed by atoms with Crippen molar-refractivity contribution < 1.29 is 0 Å². The van der Waals surface area contributed by atoms with Gasteiger partial charge >= 0.3 is 0 Å². The van der Waals surface area contributed by atoms with Crippen LogP contribution in [0.2, 0.25) is 5.02 Å². The van der Waals surface area contributed by atoms with Gasteiger partial charge in [-0.15, -0.1) is 0 Å². The zero-order chi connectivity index (χ0) is 12.0. The number of nitrogens with zero attached hydrogens (tertiary/aromatic N) is 3. The lowest BCUT2D eigenvalue weighted by Gasteiger charge is -2.60. The summed E-state index contributed by atoms with van der Waals surface area (Å²) in [5.74, 6) is 0. The predicted molar refractivity (Wildman–Crippen MR) is 68.3 cm³/mol. The van der Waals surface area contributed by atoms with Crippen LogP contribution in [0, 0.1) is 16.7 Å². The summed E-state index contributed by atoms with van der Waals surface area (Å²) in [5.41, 5.74) is 2.21. The van der Waals surface area contributed by atoms with Crippen molar-refractivity contribution >= 4 is 17.3 Å². The Morgan fingerprint density at radius 2 is 2.00 bits per heavy atom. The van der Waals surface area contributed by atoms with Gasteiger partial charge in [0.05, 0.1) is 10.6 Å². The summed E-state index contributed by atoms with van der Waals surface area (Å²) < 4.78 is 0. The maximum absolute atomic E-state index is 8.82. The Morgan fingerprint density at radius 3 is 2.53 bits per heavy atom. The van der Waals surface area contributed by atoms with Gasteiger partial charge in [0, 0.05) is 37.3 Å². The SMILES string of the molecule is CN1CC2(C1)CN(c1ccc(C#N)c(Cl)c1)C2. The monoisotopic (exact) mass is 247 g/mol. The molecule has 88 valence electrons. The fourth-order valence-corrected chi connectivity index (χ4v) is 3.25. The van der Waals surface area contributed by atoms with Crippen molar-refractivity contribution in [3.05, 3.63) is 28.8 Å². The molecule has 2 saturated heterocycles. The summed E-state index contributed by atoms with van der Waals surface area (Å²) in [4.78, 5) is 4.68. The van der Waals surface area contributed by atoms with Crippen molar-refractivity contribution in [1.82, 2.24) is 4.90 Å². The van der Waals surface area contributed by atoms with Crippen LogP contribution in [0.3, 0.4) is 0 Å². The second-order valence-corrected chi connectivity index (χ2v) is 5.71. The molecule has 1 spiro atoms. The zero-order valence-corrected chi connectivity index (χ0v) is 10.5. The second-order valence-electron chi connectivity index (χ2n) is 5.30. The topological polar surface area (TPSA) is 30.3 Å². The van der Waals surface area contributed by atoms with Gasteiger partial charge in [0.25, 0.3) is 0 Å². The molecule has 0 atom stereocenters. The number of likely N-dealkylation sites (tertiary alicyclic amines) is 1. The van der Waals surface area contributed by atoms with E-state index in [2.05, 4.69) is 22.9 Å². The van der Waals surface area contributed by atoms with E-state index in [0.717, 1.165) is 18.8 Å². The van der Waals surface area contributed by atoms with Gasteiger partial charge in [-0.05, 0) is 25.2 Å². The first-order chi connectivity index (χ1) is 8.12. The van der Waals surface area contributed by atoms with Crippen LogP contribution >= 0.6 is 11.6 Å². The van der Waals surface area contributed by atoms with Crippen LogP contribution in [-0.2, 0) is 0 Å². The van der Waals surface area contributed by atoms with Gasteiger partial charge < -0.3 is 9.80 Å². The average molecular weight is 248 g/mol. The molecular weight excluding hydrogens is 234 g/mol. The lowest BCUT2D eigenvalue weighted by molar-refractivity contribution is -0.00238. The molecule has 1 aromatic carbocycles. The third-order valence-electron chi connectivity index (χ3n) is 3.70. The van der Waals surface area contributed by atoms with E-state index in [1.165, 1.54) is 13.1 Å². The van der Waals surface area contributed by atoms with Gasteiger partial charge in [-0.2, -0.15) is 5.26 Å². The molecule has 1 aromatic rings. The van der Waals surface area contributed by atoms with E-state index < -0.39 is 0 Å². The highest BCUT2D eigenvalue weighted by Gasteiger charge is 2.50. The Kier molecular flexibility index (Phi) is 2.32. The van der Waals surface area contributed by atoms with Crippen molar-refractivity contribution in [3.8, 4) is 6.07 Å². The van der Waals surface area contributed by atoms with Crippen LogP contribution in [-0.4, -0.2) is 38.1 Å². The van der Waals surface area contributed by atoms with Crippen molar-refractivity contribution in [1.29, 1.82) is 5.26 Å². The summed E-state index contributed by atoms with van der Waals surface area (Å²) in [5, 5.41) is 9.38. The fraction of sp³-hybridized carbons (Fsp3) is 0.462. The number of anilines is 1. The molecule has 2 fully saturated rings. The van der Waals surface area contributed by atoms with Gasteiger partial charge in [-0.25, -0.2) is 0 Å². The van der Waals surface area contributed by atoms with Crippen molar-refractivity contribution in [2.45, 2.75) is 0 Å². The van der Waals surface area contributed by atoms with Gasteiger partial charge in [0.15, 0.2) is 0 Å². The number of hydrogen-bond donors (Lipinski definition) is 0. The minimum absolute atomic E-state index is 0.523. The van der Waals surface area contributed by atoms with E-state index >= 15 is 0 Å². The van der Waals surface area contributed by atoms with Gasteiger partial charge in [-0.3, -0.25) is 0 Å². The maximum Gasteiger partial charge on any atom is 0.101 e. The summed E-state index contributed by atoms with van der Waals surface area (Å²) in [6.07, 6.45) is 0. The van der Waals surface area contributed by atoms with Crippen LogP contribution in [0.15, 0.2) is 18.2 Å². The second kappa shape index (κ2) is 3.63. The first-order valence-corrected chi connectivity index (χ1v) is 6.13. The lowest BCUT2D eigenvalue weighted by Crippen LogP contribution is -2.71. The largest absolute Gasteiger partial charge is 0.370 e. The first-order valence-electron chi connectivity index (χ1n) is 5.75. The summed E-state index contributed by atoms with van der Waals surface area (Å²) in [6.45, 7) is 4.63. The van der Waals surface area contributed by atoms with Crippen molar-refractivity contribution in [2.75, 3.05) is 38.1 Å². The predicted octanol–water partition coefficient (Wildman–Crippen LogP) is 1.96. The molecule has 0 radical (unpaired) electrons. The molecule has 4 heteroatoms. The summed E-state index contributed by atoms with van der Waals surface area (Å²) in [6, 6.07) is 7.77.